The Hall–Kier alpha value is -2.41. The molecule has 0 atom stereocenters. The van der Waals surface area contributed by atoms with Crippen molar-refractivity contribution in [1.29, 1.82) is 0 Å². The van der Waals surface area contributed by atoms with Crippen LogP contribution in [0.3, 0.4) is 0 Å². The van der Waals surface area contributed by atoms with Gasteiger partial charge in [-0.2, -0.15) is 0 Å². The van der Waals surface area contributed by atoms with Gasteiger partial charge >= 0.3 is 0 Å². The summed E-state index contributed by atoms with van der Waals surface area (Å²) in [6, 6.07) is 2.96. The second kappa shape index (κ2) is 6.37. The molecule has 2 heterocycles. The van der Waals surface area contributed by atoms with E-state index in [4.69, 9.17) is 11.6 Å². The molecule has 0 aliphatic carbocycles. The predicted octanol–water partition coefficient (Wildman–Crippen LogP) is 2.54. The molecule has 2 N–H and O–H groups in total. The third kappa shape index (κ3) is 3.05. The van der Waals surface area contributed by atoms with E-state index >= 15 is 0 Å². The minimum atomic E-state index is -0.457. The van der Waals surface area contributed by atoms with Crippen LogP contribution in [0.1, 0.15) is 23.0 Å². The molecule has 23 heavy (non-hydrogen) atoms. The number of benzene rings is 1. The minimum absolute atomic E-state index is 0.0836. The highest BCUT2D eigenvalue weighted by Crippen LogP contribution is 2.25. The quantitative estimate of drug-likeness (QED) is 0.752. The summed E-state index contributed by atoms with van der Waals surface area (Å²) in [5.74, 6) is -0.679. The molecule has 1 amide bonds. The summed E-state index contributed by atoms with van der Waals surface area (Å²) in [7, 11) is 0. The maximum absolute atomic E-state index is 13.4. The smallest absolute Gasteiger partial charge is 0.271 e. The van der Waals surface area contributed by atoms with Crippen LogP contribution in [0.15, 0.2) is 24.5 Å². The number of aryl methyl sites for hydroxylation is 1. The van der Waals surface area contributed by atoms with Gasteiger partial charge in [0.15, 0.2) is 0 Å². The number of carbonyl (C=O) groups is 1. The Morgan fingerprint density at radius 1 is 1.48 bits per heavy atom. The third-order valence-corrected chi connectivity index (χ3v) is 3.93. The van der Waals surface area contributed by atoms with Crippen LogP contribution in [0.5, 0.6) is 0 Å². The molecule has 1 aromatic carbocycles. The number of nitrogens with zero attached hydrogens (tertiary/aromatic N) is 3. The molecule has 2 aromatic heterocycles. The molecule has 8 heteroatoms. The van der Waals surface area contributed by atoms with Crippen LogP contribution < -0.4 is 5.32 Å². The van der Waals surface area contributed by atoms with Gasteiger partial charge < -0.3 is 10.3 Å². The fraction of sp³-hybridized carbons (Fsp3) is 0.267. The first kappa shape index (κ1) is 15.5. The number of fused-ring (bicyclic) bond motifs is 1. The summed E-state index contributed by atoms with van der Waals surface area (Å²) in [5, 5.41) is 11.3. The van der Waals surface area contributed by atoms with E-state index in [0.29, 0.717) is 30.7 Å². The Labute approximate surface area is 136 Å². The number of carbonyl (C=O) groups excluding carboxylic acids is 1. The molecule has 0 aliphatic heterocycles. The van der Waals surface area contributed by atoms with Gasteiger partial charge in [0.2, 0.25) is 0 Å². The lowest BCUT2D eigenvalue weighted by atomic mass is 10.1. The standard InChI is InChI=1S/C15H15ClFN5O/c1-2-22-14(8-20-21-22)15(23)18-4-3-9-7-19-13-6-12(17)11(16)5-10(9)13/h5-8,19H,2-4H2,1H3,(H,18,23). The van der Waals surface area contributed by atoms with Gasteiger partial charge in [0.1, 0.15) is 11.5 Å². The number of aromatic amines is 1. The zero-order valence-corrected chi connectivity index (χ0v) is 13.2. The van der Waals surface area contributed by atoms with Gasteiger partial charge in [-0.1, -0.05) is 16.8 Å². The number of H-pyrrole nitrogens is 1. The van der Waals surface area contributed by atoms with Crippen molar-refractivity contribution < 1.29 is 9.18 Å². The summed E-state index contributed by atoms with van der Waals surface area (Å²) in [5.41, 5.74) is 2.07. The summed E-state index contributed by atoms with van der Waals surface area (Å²) in [6.07, 6.45) is 3.83. The molecule has 0 saturated carbocycles. The van der Waals surface area contributed by atoms with Crippen molar-refractivity contribution in [3.8, 4) is 0 Å². The van der Waals surface area contributed by atoms with E-state index in [0.717, 1.165) is 10.9 Å². The molecule has 3 rings (SSSR count). The van der Waals surface area contributed by atoms with Crippen molar-refractivity contribution in [3.05, 3.63) is 46.6 Å². The number of amides is 1. The van der Waals surface area contributed by atoms with Crippen molar-refractivity contribution in [2.75, 3.05) is 6.54 Å². The monoisotopic (exact) mass is 335 g/mol. The summed E-state index contributed by atoms with van der Waals surface area (Å²) in [6.45, 7) is 2.91. The molecule has 0 radical (unpaired) electrons. The van der Waals surface area contributed by atoms with Crippen LogP contribution in [0.25, 0.3) is 10.9 Å². The fourth-order valence-corrected chi connectivity index (χ4v) is 2.61. The first-order valence-electron chi connectivity index (χ1n) is 7.22. The Morgan fingerprint density at radius 3 is 3.09 bits per heavy atom. The van der Waals surface area contributed by atoms with E-state index in [9.17, 15) is 9.18 Å². The van der Waals surface area contributed by atoms with Crippen LogP contribution in [-0.2, 0) is 13.0 Å². The van der Waals surface area contributed by atoms with Gasteiger partial charge in [-0.15, -0.1) is 5.10 Å². The van der Waals surface area contributed by atoms with E-state index in [-0.39, 0.29) is 10.9 Å². The first-order chi connectivity index (χ1) is 11.1. The number of hydrogen-bond donors (Lipinski definition) is 2. The van der Waals surface area contributed by atoms with Crippen LogP contribution in [0.2, 0.25) is 5.02 Å². The molecule has 6 nitrogen and oxygen atoms in total. The second-order valence-corrected chi connectivity index (χ2v) is 5.47. The van der Waals surface area contributed by atoms with Gasteiger partial charge in [0.25, 0.3) is 5.91 Å². The summed E-state index contributed by atoms with van der Waals surface area (Å²) in [4.78, 5) is 15.1. The number of hydrogen-bond acceptors (Lipinski definition) is 3. The second-order valence-electron chi connectivity index (χ2n) is 5.07. The zero-order valence-electron chi connectivity index (χ0n) is 12.4. The van der Waals surface area contributed by atoms with E-state index in [2.05, 4.69) is 20.6 Å². The van der Waals surface area contributed by atoms with Gasteiger partial charge in [-0.25, -0.2) is 9.07 Å². The maximum Gasteiger partial charge on any atom is 0.271 e. The summed E-state index contributed by atoms with van der Waals surface area (Å²) >= 11 is 5.83. The SMILES string of the molecule is CCn1nncc1C(=O)NCCc1c[nH]c2cc(F)c(Cl)cc12. The lowest BCUT2D eigenvalue weighted by Gasteiger charge is -2.05. The summed E-state index contributed by atoms with van der Waals surface area (Å²) < 4.78 is 15.0. The van der Waals surface area contributed by atoms with E-state index in [1.165, 1.54) is 16.9 Å². The van der Waals surface area contributed by atoms with Crippen molar-refractivity contribution in [2.24, 2.45) is 0 Å². The molecule has 0 bridgehead atoms. The molecule has 120 valence electrons. The lowest BCUT2D eigenvalue weighted by Crippen LogP contribution is -2.28. The van der Waals surface area contributed by atoms with Crippen molar-refractivity contribution in [2.45, 2.75) is 19.9 Å². The minimum Gasteiger partial charge on any atom is -0.361 e. The molecular formula is C15H15ClFN5O. The molecular weight excluding hydrogens is 321 g/mol. The van der Waals surface area contributed by atoms with Crippen LogP contribution in [0.4, 0.5) is 4.39 Å². The highest BCUT2D eigenvalue weighted by Gasteiger charge is 2.12. The van der Waals surface area contributed by atoms with E-state index in [1.807, 2.05) is 6.92 Å². The molecule has 0 spiro atoms. The highest BCUT2D eigenvalue weighted by atomic mass is 35.5. The average Bonchev–Trinajstić information content (AvgIpc) is 3.15. The largest absolute Gasteiger partial charge is 0.361 e. The predicted molar refractivity (Wildman–Crippen MR) is 85.0 cm³/mol. The lowest BCUT2D eigenvalue weighted by molar-refractivity contribution is 0.0943. The molecule has 0 fully saturated rings. The molecule has 0 saturated heterocycles. The van der Waals surface area contributed by atoms with Gasteiger partial charge in [-0.3, -0.25) is 4.79 Å². The van der Waals surface area contributed by atoms with Crippen molar-refractivity contribution in [3.63, 3.8) is 0 Å². The van der Waals surface area contributed by atoms with Crippen LogP contribution in [-0.4, -0.2) is 32.4 Å². The van der Waals surface area contributed by atoms with Crippen LogP contribution >= 0.6 is 11.6 Å². The highest BCUT2D eigenvalue weighted by molar-refractivity contribution is 6.31. The Morgan fingerprint density at radius 2 is 2.30 bits per heavy atom. The van der Waals surface area contributed by atoms with Crippen molar-refractivity contribution in [1.82, 2.24) is 25.3 Å². The normalized spacial score (nSPS) is 11.1. The maximum atomic E-state index is 13.4. The van der Waals surface area contributed by atoms with Gasteiger partial charge in [0, 0.05) is 30.2 Å². The number of rotatable bonds is 5. The number of nitrogens with one attached hydrogen (secondary N) is 2. The number of aromatic nitrogens is 4. The van der Waals surface area contributed by atoms with E-state index in [1.54, 1.807) is 12.3 Å². The molecule has 3 aromatic rings. The molecule has 0 unspecified atom stereocenters. The van der Waals surface area contributed by atoms with E-state index < -0.39 is 5.82 Å². The number of halogens is 2. The Kier molecular flexibility index (Phi) is 4.29. The topological polar surface area (TPSA) is 75.6 Å². The molecule has 0 aliphatic rings. The Bertz CT molecular complexity index is 857. The fourth-order valence-electron chi connectivity index (χ4n) is 2.45. The van der Waals surface area contributed by atoms with Crippen molar-refractivity contribution >= 4 is 28.4 Å². The Balaban J connectivity index is 1.67. The van der Waals surface area contributed by atoms with Gasteiger partial charge in [-0.05, 0) is 31.0 Å². The average molecular weight is 336 g/mol. The first-order valence-corrected chi connectivity index (χ1v) is 7.59. The van der Waals surface area contributed by atoms with Crippen LogP contribution in [0, 0.1) is 5.82 Å². The third-order valence-electron chi connectivity index (χ3n) is 3.64. The van der Waals surface area contributed by atoms with Gasteiger partial charge in [0.05, 0.1) is 11.2 Å². The zero-order chi connectivity index (χ0) is 16.4.